The van der Waals surface area contributed by atoms with Crippen LogP contribution >= 0.6 is 0 Å². The first-order valence-electron chi connectivity index (χ1n) is 9.44. The number of fused-ring (bicyclic) bond motifs is 1. The van der Waals surface area contributed by atoms with Crippen LogP contribution in [0.15, 0.2) is 47.4 Å². The van der Waals surface area contributed by atoms with Crippen molar-refractivity contribution in [3.05, 3.63) is 69.5 Å². The molecule has 7 nitrogen and oxygen atoms in total. The van der Waals surface area contributed by atoms with Crippen molar-refractivity contribution in [2.45, 2.75) is 33.7 Å². The number of nitrogens with zero attached hydrogens (tertiary/aromatic N) is 2. The Bertz CT molecular complexity index is 1110. The SMILES string of the molecule is Cc1cc(C)c(NC(=O)CNC(=O)CCn2ncc(=O)c3ccccc32)c(C)c1. The zero-order valence-electron chi connectivity index (χ0n) is 16.8. The maximum Gasteiger partial charge on any atom is 0.243 e. The van der Waals surface area contributed by atoms with Crippen LogP contribution in [-0.4, -0.2) is 28.1 Å². The molecular formula is C22H24N4O3. The maximum absolute atomic E-state index is 12.2. The molecule has 0 atom stereocenters. The van der Waals surface area contributed by atoms with Gasteiger partial charge in [0, 0.05) is 17.5 Å². The highest BCUT2D eigenvalue weighted by Gasteiger charge is 2.11. The van der Waals surface area contributed by atoms with Crippen LogP contribution in [-0.2, 0) is 16.1 Å². The largest absolute Gasteiger partial charge is 0.347 e. The molecule has 3 aromatic rings. The summed E-state index contributed by atoms with van der Waals surface area (Å²) in [6.07, 6.45) is 1.40. The third-order valence-corrected chi connectivity index (χ3v) is 4.70. The lowest BCUT2D eigenvalue weighted by Gasteiger charge is -2.13. The topological polar surface area (TPSA) is 93.1 Å². The van der Waals surface area contributed by atoms with E-state index in [1.165, 1.54) is 6.20 Å². The van der Waals surface area contributed by atoms with Crippen LogP contribution in [0.4, 0.5) is 5.69 Å². The van der Waals surface area contributed by atoms with Crippen LogP contribution in [0.3, 0.4) is 0 Å². The lowest BCUT2D eigenvalue weighted by molar-refractivity contribution is -0.124. The van der Waals surface area contributed by atoms with Crippen LogP contribution in [0.1, 0.15) is 23.1 Å². The lowest BCUT2D eigenvalue weighted by Crippen LogP contribution is -2.33. The van der Waals surface area contributed by atoms with E-state index >= 15 is 0 Å². The van der Waals surface area contributed by atoms with Crippen LogP contribution in [0.25, 0.3) is 10.9 Å². The number of nitrogens with one attached hydrogen (secondary N) is 2. The van der Waals surface area contributed by atoms with E-state index in [-0.39, 0.29) is 30.2 Å². The minimum Gasteiger partial charge on any atom is -0.347 e. The van der Waals surface area contributed by atoms with E-state index < -0.39 is 0 Å². The van der Waals surface area contributed by atoms with Gasteiger partial charge in [-0.1, -0.05) is 29.8 Å². The van der Waals surface area contributed by atoms with Gasteiger partial charge in [-0.3, -0.25) is 19.1 Å². The summed E-state index contributed by atoms with van der Waals surface area (Å²) in [6.45, 7) is 6.09. The normalized spacial score (nSPS) is 10.7. The second-order valence-electron chi connectivity index (χ2n) is 7.10. The molecule has 0 unspecified atom stereocenters. The number of amides is 2. The Labute approximate surface area is 168 Å². The number of para-hydroxylation sites is 1. The molecule has 0 spiro atoms. The second kappa shape index (κ2) is 8.68. The number of anilines is 1. The number of carbonyl (C=O) groups excluding carboxylic acids is 2. The Balaban J connectivity index is 1.55. The number of hydrogen-bond donors (Lipinski definition) is 2. The summed E-state index contributed by atoms with van der Waals surface area (Å²) >= 11 is 0. The minimum absolute atomic E-state index is 0.107. The van der Waals surface area contributed by atoms with Crippen molar-refractivity contribution in [1.82, 2.24) is 15.1 Å². The molecular weight excluding hydrogens is 368 g/mol. The molecule has 0 bridgehead atoms. The number of carbonyl (C=O) groups is 2. The number of aromatic nitrogens is 2. The van der Waals surface area contributed by atoms with Gasteiger partial charge in [0.1, 0.15) is 0 Å². The summed E-state index contributed by atoms with van der Waals surface area (Å²) in [5.74, 6) is -0.539. The molecule has 0 aliphatic heterocycles. The van der Waals surface area contributed by atoms with E-state index in [4.69, 9.17) is 0 Å². The quantitative estimate of drug-likeness (QED) is 0.674. The summed E-state index contributed by atoms with van der Waals surface area (Å²) in [7, 11) is 0. The highest BCUT2D eigenvalue weighted by molar-refractivity contribution is 5.95. The fourth-order valence-corrected chi connectivity index (χ4v) is 3.37. The average Bonchev–Trinajstić information content (AvgIpc) is 2.69. The van der Waals surface area contributed by atoms with E-state index in [0.717, 1.165) is 22.4 Å². The molecule has 3 rings (SSSR count). The van der Waals surface area contributed by atoms with Crippen LogP contribution in [0.5, 0.6) is 0 Å². The van der Waals surface area contributed by atoms with Gasteiger partial charge in [-0.25, -0.2) is 0 Å². The summed E-state index contributed by atoms with van der Waals surface area (Å²) in [4.78, 5) is 36.2. The van der Waals surface area contributed by atoms with Crippen molar-refractivity contribution in [1.29, 1.82) is 0 Å². The molecule has 29 heavy (non-hydrogen) atoms. The Kier molecular flexibility index (Phi) is 6.07. The van der Waals surface area contributed by atoms with E-state index in [2.05, 4.69) is 15.7 Å². The van der Waals surface area contributed by atoms with Gasteiger partial charge in [-0.15, -0.1) is 0 Å². The molecule has 7 heteroatoms. The fraction of sp³-hybridized carbons (Fsp3) is 0.273. The van der Waals surface area contributed by atoms with Crippen molar-refractivity contribution in [2.24, 2.45) is 0 Å². The van der Waals surface area contributed by atoms with Gasteiger partial charge in [-0.2, -0.15) is 5.10 Å². The molecule has 2 aromatic carbocycles. The van der Waals surface area contributed by atoms with Gasteiger partial charge < -0.3 is 10.6 Å². The standard InChI is InChI=1S/C22H24N4O3/c1-14-10-15(2)22(16(3)11-14)25-21(29)13-23-20(28)8-9-26-18-7-5-4-6-17(18)19(27)12-24-26/h4-7,10-12H,8-9,13H2,1-3H3,(H,23,28)(H,25,29). The van der Waals surface area contributed by atoms with Crippen LogP contribution in [0, 0.1) is 20.8 Å². The van der Waals surface area contributed by atoms with Crippen molar-refractivity contribution < 1.29 is 9.59 Å². The molecule has 150 valence electrons. The van der Waals surface area contributed by atoms with Crippen LogP contribution < -0.4 is 16.1 Å². The zero-order chi connectivity index (χ0) is 21.0. The smallest absolute Gasteiger partial charge is 0.243 e. The van der Waals surface area contributed by atoms with Gasteiger partial charge in [0.25, 0.3) is 0 Å². The van der Waals surface area contributed by atoms with E-state index in [0.29, 0.717) is 17.4 Å². The molecule has 0 saturated carbocycles. The molecule has 0 aliphatic carbocycles. The van der Waals surface area contributed by atoms with Gasteiger partial charge >= 0.3 is 0 Å². The van der Waals surface area contributed by atoms with E-state index in [1.54, 1.807) is 22.9 Å². The number of aryl methyl sites for hydroxylation is 4. The fourth-order valence-electron chi connectivity index (χ4n) is 3.37. The van der Waals surface area contributed by atoms with Gasteiger partial charge in [-0.05, 0) is 44.0 Å². The lowest BCUT2D eigenvalue weighted by atomic mass is 10.1. The van der Waals surface area contributed by atoms with Gasteiger partial charge in [0.2, 0.25) is 17.2 Å². The molecule has 2 amide bonds. The molecule has 2 N–H and O–H groups in total. The maximum atomic E-state index is 12.2. The third-order valence-electron chi connectivity index (χ3n) is 4.70. The average molecular weight is 392 g/mol. The number of hydrogen-bond acceptors (Lipinski definition) is 4. The number of benzene rings is 2. The molecule has 0 aliphatic rings. The van der Waals surface area contributed by atoms with E-state index in [9.17, 15) is 14.4 Å². The zero-order valence-corrected chi connectivity index (χ0v) is 16.8. The Morgan fingerprint density at radius 2 is 1.72 bits per heavy atom. The van der Waals surface area contributed by atoms with Crippen molar-refractivity contribution >= 4 is 28.4 Å². The first-order valence-corrected chi connectivity index (χ1v) is 9.44. The predicted octanol–water partition coefficient (Wildman–Crippen LogP) is 2.47. The molecule has 0 radical (unpaired) electrons. The van der Waals surface area contributed by atoms with Gasteiger partial charge in [0.05, 0.1) is 24.8 Å². The van der Waals surface area contributed by atoms with Crippen molar-refractivity contribution in [3.63, 3.8) is 0 Å². The minimum atomic E-state index is -0.277. The third kappa shape index (κ3) is 4.87. The van der Waals surface area contributed by atoms with Gasteiger partial charge in [0.15, 0.2) is 0 Å². The first kappa shape index (κ1) is 20.3. The van der Waals surface area contributed by atoms with E-state index in [1.807, 2.05) is 39.0 Å². The first-order chi connectivity index (χ1) is 13.8. The monoisotopic (exact) mass is 392 g/mol. The molecule has 1 heterocycles. The van der Waals surface area contributed by atoms with Crippen molar-refractivity contribution in [2.75, 3.05) is 11.9 Å². The molecule has 0 saturated heterocycles. The highest BCUT2D eigenvalue weighted by Crippen LogP contribution is 2.21. The summed E-state index contributed by atoms with van der Waals surface area (Å²) in [6, 6.07) is 11.1. The van der Waals surface area contributed by atoms with Crippen LogP contribution in [0.2, 0.25) is 0 Å². The number of rotatable bonds is 6. The summed E-state index contributed by atoms with van der Waals surface area (Å²) in [5.41, 5.74) is 4.40. The van der Waals surface area contributed by atoms with Crippen molar-refractivity contribution in [3.8, 4) is 0 Å². The Hall–Kier alpha value is -3.48. The Morgan fingerprint density at radius 3 is 2.45 bits per heavy atom. The summed E-state index contributed by atoms with van der Waals surface area (Å²) in [5, 5.41) is 10.2. The summed E-state index contributed by atoms with van der Waals surface area (Å²) < 4.78 is 1.62. The predicted molar refractivity (Wildman–Crippen MR) is 113 cm³/mol. The second-order valence-corrected chi connectivity index (χ2v) is 7.10. The Morgan fingerprint density at radius 1 is 1.03 bits per heavy atom. The molecule has 0 fully saturated rings. The molecule has 1 aromatic heterocycles. The highest BCUT2D eigenvalue weighted by atomic mass is 16.2.